The molecular weight excluding hydrogens is 310 g/mol. The van der Waals surface area contributed by atoms with Gasteiger partial charge in [-0.1, -0.05) is 29.8 Å². The number of hydrogen-bond donors (Lipinski definition) is 1. The lowest BCUT2D eigenvalue weighted by Crippen LogP contribution is -2.24. The number of amides is 1. The zero-order chi connectivity index (χ0) is 16.2. The molecule has 0 aliphatic heterocycles. The van der Waals surface area contributed by atoms with Crippen LogP contribution in [0.1, 0.15) is 16.1 Å². The van der Waals surface area contributed by atoms with Crippen LogP contribution in [0.5, 0.6) is 0 Å². The predicted octanol–water partition coefficient (Wildman–Crippen LogP) is 3.67. The van der Waals surface area contributed by atoms with Gasteiger partial charge in [-0.25, -0.2) is 0 Å². The van der Waals surface area contributed by atoms with Gasteiger partial charge in [0.1, 0.15) is 5.69 Å². The predicted molar refractivity (Wildman–Crippen MR) is 91.3 cm³/mol. The van der Waals surface area contributed by atoms with Crippen molar-refractivity contribution < 1.29 is 4.79 Å². The first-order valence-corrected chi connectivity index (χ1v) is 7.61. The van der Waals surface area contributed by atoms with E-state index in [1.165, 1.54) is 0 Å². The standard InChI is InChI=1S/C18H16ClN3O/c1-22-12-15(13-6-8-20-9-7-13)10-17(22)18(23)21-11-14-4-2-3-5-16(14)19/h2-10,12H,11H2,1H3,(H,21,23). The SMILES string of the molecule is Cn1cc(-c2ccncc2)cc1C(=O)NCc1ccccc1Cl. The maximum atomic E-state index is 12.4. The minimum absolute atomic E-state index is 0.132. The van der Waals surface area contributed by atoms with Crippen molar-refractivity contribution in [2.75, 3.05) is 0 Å². The van der Waals surface area contributed by atoms with Crippen LogP contribution in [0, 0.1) is 0 Å². The van der Waals surface area contributed by atoms with Gasteiger partial charge in [0.05, 0.1) is 0 Å². The van der Waals surface area contributed by atoms with E-state index in [1.807, 2.05) is 60.3 Å². The molecule has 23 heavy (non-hydrogen) atoms. The lowest BCUT2D eigenvalue weighted by atomic mass is 10.1. The highest BCUT2D eigenvalue weighted by molar-refractivity contribution is 6.31. The molecule has 0 bridgehead atoms. The molecule has 4 nitrogen and oxygen atoms in total. The monoisotopic (exact) mass is 325 g/mol. The molecule has 0 aliphatic rings. The third-order valence-corrected chi connectivity index (χ3v) is 4.02. The van der Waals surface area contributed by atoms with Gasteiger partial charge < -0.3 is 9.88 Å². The van der Waals surface area contributed by atoms with Crippen LogP contribution < -0.4 is 5.32 Å². The number of benzene rings is 1. The van der Waals surface area contributed by atoms with Crippen LogP contribution in [0.2, 0.25) is 5.02 Å². The Balaban J connectivity index is 1.75. The number of rotatable bonds is 4. The van der Waals surface area contributed by atoms with Crippen molar-refractivity contribution in [3.63, 3.8) is 0 Å². The summed E-state index contributed by atoms with van der Waals surface area (Å²) in [6, 6.07) is 13.2. The molecule has 116 valence electrons. The Labute approximate surface area is 139 Å². The molecule has 1 N–H and O–H groups in total. The summed E-state index contributed by atoms with van der Waals surface area (Å²) < 4.78 is 1.82. The van der Waals surface area contributed by atoms with Crippen LogP contribution in [0.25, 0.3) is 11.1 Å². The third-order valence-electron chi connectivity index (χ3n) is 3.65. The highest BCUT2D eigenvalue weighted by Gasteiger charge is 2.13. The van der Waals surface area contributed by atoms with Crippen LogP contribution in [-0.2, 0) is 13.6 Å². The molecule has 0 atom stereocenters. The van der Waals surface area contributed by atoms with Crippen molar-refractivity contribution in [2.45, 2.75) is 6.54 Å². The summed E-state index contributed by atoms with van der Waals surface area (Å²) >= 11 is 6.11. The molecule has 3 aromatic rings. The Hall–Kier alpha value is -2.59. The van der Waals surface area contributed by atoms with Crippen molar-refractivity contribution in [2.24, 2.45) is 7.05 Å². The summed E-state index contributed by atoms with van der Waals surface area (Å²) in [6.45, 7) is 0.397. The van der Waals surface area contributed by atoms with E-state index in [9.17, 15) is 4.79 Å². The average Bonchev–Trinajstić information content (AvgIpc) is 2.97. The van der Waals surface area contributed by atoms with Gasteiger partial charge in [0.25, 0.3) is 5.91 Å². The number of aryl methyl sites for hydroxylation is 1. The number of aromatic nitrogens is 2. The van der Waals surface area contributed by atoms with Gasteiger partial charge in [-0.3, -0.25) is 9.78 Å². The van der Waals surface area contributed by atoms with Gasteiger partial charge >= 0.3 is 0 Å². The molecule has 0 radical (unpaired) electrons. The highest BCUT2D eigenvalue weighted by Crippen LogP contribution is 2.21. The molecular formula is C18H16ClN3O. The fourth-order valence-electron chi connectivity index (χ4n) is 2.40. The number of carbonyl (C=O) groups is 1. The molecule has 1 amide bonds. The molecule has 0 saturated heterocycles. The molecule has 1 aromatic carbocycles. The van der Waals surface area contributed by atoms with Crippen LogP contribution in [-0.4, -0.2) is 15.5 Å². The first-order chi connectivity index (χ1) is 11.1. The van der Waals surface area contributed by atoms with Crippen LogP contribution in [0.4, 0.5) is 0 Å². The first-order valence-electron chi connectivity index (χ1n) is 7.23. The Morgan fingerprint density at radius 2 is 1.91 bits per heavy atom. The fraction of sp³-hybridized carbons (Fsp3) is 0.111. The minimum Gasteiger partial charge on any atom is -0.347 e. The molecule has 3 rings (SSSR count). The molecule has 0 spiro atoms. The highest BCUT2D eigenvalue weighted by atomic mass is 35.5. The van der Waals surface area contributed by atoms with Crippen molar-refractivity contribution in [1.82, 2.24) is 14.9 Å². The smallest absolute Gasteiger partial charge is 0.268 e. The number of nitrogens with one attached hydrogen (secondary N) is 1. The zero-order valence-corrected chi connectivity index (χ0v) is 13.4. The third kappa shape index (κ3) is 3.43. The van der Waals surface area contributed by atoms with Crippen molar-refractivity contribution >= 4 is 17.5 Å². The topological polar surface area (TPSA) is 46.9 Å². The van der Waals surface area contributed by atoms with E-state index in [1.54, 1.807) is 12.4 Å². The van der Waals surface area contributed by atoms with E-state index in [0.717, 1.165) is 16.7 Å². The van der Waals surface area contributed by atoms with E-state index in [2.05, 4.69) is 10.3 Å². The van der Waals surface area contributed by atoms with Crippen molar-refractivity contribution in [1.29, 1.82) is 0 Å². The number of halogens is 1. The van der Waals surface area contributed by atoms with Crippen molar-refractivity contribution in [3.05, 3.63) is 77.3 Å². The summed E-state index contributed by atoms with van der Waals surface area (Å²) in [4.78, 5) is 16.4. The van der Waals surface area contributed by atoms with E-state index in [0.29, 0.717) is 17.3 Å². The van der Waals surface area contributed by atoms with E-state index >= 15 is 0 Å². The molecule has 2 heterocycles. The maximum absolute atomic E-state index is 12.4. The second-order valence-corrected chi connectivity index (χ2v) is 5.64. The van der Waals surface area contributed by atoms with Crippen LogP contribution in [0.3, 0.4) is 0 Å². The van der Waals surface area contributed by atoms with E-state index in [-0.39, 0.29) is 5.91 Å². The van der Waals surface area contributed by atoms with Crippen LogP contribution in [0.15, 0.2) is 61.1 Å². The average molecular weight is 326 g/mol. The van der Waals surface area contributed by atoms with Gasteiger partial charge in [-0.15, -0.1) is 0 Å². The molecule has 0 fully saturated rings. The molecule has 5 heteroatoms. The maximum Gasteiger partial charge on any atom is 0.268 e. The number of pyridine rings is 1. The Morgan fingerprint density at radius 3 is 2.65 bits per heavy atom. The quantitative estimate of drug-likeness (QED) is 0.795. The largest absolute Gasteiger partial charge is 0.347 e. The van der Waals surface area contributed by atoms with Gasteiger partial charge in [0.2, 0.25) is 0 Å². The van der Waals surface area contributed by atoms with Gasteiger partial charge in [-0.05, 0) is 35.4 Å². The lowest BCUT2D eigenvalue weighted by molar-refractivity contribution is 0.0943. The molecule has 2 aromatic heterocycles. The summed E-state index contributed by atoms with van der Waals surface area (Å²) in [7, 11) is 1.86. The summed E-state index contributed by atoms with van der Waals surface area (Å²) in [5.74, 6) is -0.132. The van der Waals surface area contributed by atoms with E-state index < -0.39 is 0 Å². The molecule has 0 saturated carbocycles. The van der Waals surface area contributed by atoms with Gasteiger partial charge in [0, 0.05) is 42.8 Å². The number of nitrogens with zero attached hydrogens (tertiary/aromatic N) is 2. The van der Waals surface area contributed by atoms with Gasteiger partial charge in [-0.2, -0.15) is 0 Å². The molecule has 0 unspecified atom stereocenters. The Kier molecular flexibility index (Phi) is 4.44. The zero-order valence-electron chi connectivity index (χ0n) is 12.7. The first kappa shape index (κ1) is 15.3. The fourth-order valence-corrected chi connectivity index (χ4v) is 2.60. The normalized spacial score (nSPS) is 10.5. The Morgan fingerprint density at radius 1 is 1.17 bits per heavy atom. The number of hydrogen-bond acceptors (Lipinski definition) is 2. The van der Waals surface area contributed by atoms with Crippen molar-refractivity contribution in [3.8, 4) is 11.1 Å². The lowest BCUT2D eigenvalue weighted by Gasteiger charge is -2.07. The molecule has 0 aliphatic carbocycles. The second-order valence-electron chi connectivity index (χ2n) is 5.23. The van der Waals surface area contributed by atoms with Crippen LogP contribution >= 0.6 is 11.6 Å². The summed E-state index contributed by atoms with van der Waals surface area (Å²) in [5, 5.41) is 3.56. The van der Waals surface area contributed by atoms with E-state index in [4.69, 9.17) is 11.6 Å². The summed E-state index contributed by atoms with van der Waals surface area (Å²) in [5.41, 5.74) is 3.51. The minimum atomic E-state index is -0.132. The second kappa shape index (κ2) is 6.67. The number of carbonyl (C=O) groups excluding carboxylic acids is 1. The summed E-state index contributed by atoms with van der Waals surface area (Å²) in [6.07, 6.45) is 5.40. The van der Waals surface area contributed by atoms with Gasteiger partial charge in [0.15, 0.2) is 0 Å². The Bertz CT molecular complexity index is 827.